The number of carboxylic acid groups (broad SMARTS) is 1. The average Bonchev–Trinajstić information content (AvgIpc) is 2.88. The van der Waals surface area contributed by atoms with Gasteiger partial charge < -0.3 is 25.5 Å². The molecule has 0 atom stereocenters. The fourth-order valence-corrected chi connectivity index (χ4v) is 1.21. The number of amides is 3. The number of nitrogens with zero attached hydrogens (tertiary/aromatic N) is 1. The summed E-state index contributed by atoms with van der Waals surface area (Å²) in [7, 11) is 0. The summed E-state index contributed by atoms with van der Waals surface area (Å²) in [5.41, 5.74) is 0. The first-order valence-corrected chi connectivity index (χ1v) is 5.95. The first-order chi connectivity index (χ1) is 9.51. The van der Waals surface area contributed by atoms with Crippen molar-refractivity contribution in [3.63, 3.8) is 0 Å². The predicted octanol–water partition coefficient (Wildman–Crippen LogP) is -0.763. The van der Waals surface area contributed by atoms with E-state index < -0.39 is 24.5 Å². The number of nitrogens with one attached hydrogen (secondary N) is 3. The molecule has 0 aliphatic carbocycles. The van der Waals surface area contributed by atoms with Gasteiger partial charge in [0.05, 0.1) is 19.3 Å². The van der Waals surface area contributed by atoms with Crippen molar-refractivity contribution in [1.82, 2.24) is 20.9 Å². The molecule has 110 valence electrons. The standard InChI is InChI=1S/C11H16N4O5/c1-2-7-3-13-9(20-7)5-15-11(19)14-4-8(16)12-6-10(17)18/h3H,2,4-6H2,1H3,(H,12,16)(H,17,18)(H2,14,15,19). The van der Waals surface area contributed by atoms with Crippen LogP contribution >= 0.6 is 0 Å². The number of carbonyl (C=O) groups excluding carboxylic acids is 2. The number of oxazole rings is 1. The molecule has 9 heteroatoms. The number of hydrogen-bond donors (Lipinski definition) is 4. The molecule has 1 aromatic rings. The van der Waals surface area contributed by atoms with Crippen molar-refractivity contribution in [2.24, 2.45) is 0 Å². The predicted molar refractivity (Wildman–Crippen MR) is 66.8 cm³/mol. The fraction of sp³-hybridized carbons (Fsp3) is 0.455. The Kier molecular flexibility index (Phi) is 6.01. The van der Waals surface area contributed by atoms with Crippen LogP contribution in [0.2, 0.25) is 0 Å². The molecule has 1 rings (SSSR count). The van der Waals surface area contributed by atoms with E-state index in [4.69, 9.17) is 9.52 Å². The van der Waals surface area contributed by atoms with Crippen molar-refractivity contribution in [1.29, 1.82) is 0 Å². The van der Waals surface area contributed by atoms with E-state index in [1.807, 2.05) is 6.92 Å². The highest BCUT2D eigenvalue weighted by molar-refractivity contribution is 5.86. The molecule has 0 saturated carbocycles. The minimum Gasteiger partial charge on any atom is -0.480 e. The van der Waals surface area contributed by atoms with E-state index in [0.29, 0.717) is 12.3 Å². The Morgan fingerprint density at radius 2 is 2.00 bits per heavy atom. The molecule has 0 unspecified atom stereocenters. The highest BCUT2D eigenvalue weighted by Gasteiger charge is 2.08. The summed E-state index contributed by atoms with van der Waals surface area (Å²) in [6, 6.07) is -0.577. The molecule has 20 heavy (non-hydrogen) atoms. The summed E-state index contributed by atoms with van der Waals surface area (Å²) < 4.78 is 5.28. The minimum absolute atomic E-state index is 0.0998. The Morgan fingerprint density at radius 3 is 2.60 bits per heavy atom. The Hall–Kier alpha value is -2.58. The smallest absolute Gasteiger partial charge is 0.322 e. The number of rotatable bonds is 7. The maximum absolute atomic E-state index is 11.3. The number of aliphatic carboxylic acids is 1. The third-order valence-corrected chi connectivity index (χ3v) is 2.20. The molecule has 0 saturated heterocycles. The summed E-state index contributed by atoms with van der Waals surface area (Å²) in [5, 5.41) is 15.2. The fourth-order valence-electron chi connectivity index (χ4n) is 1.21. The molecular weight excluding hydrogens is 268 g/mol. The SMILES string of the molecule is CCc1cnc(CNC(=O)NCC(=O)NCC(=O)O)o1. The molecule has 9 nitrogen and oxygen atoms in total. The zero-order valence-electron chi connectivity index (χ0n) is 10.9. The zero-order valence-corrected chi connectivity index (χ0v) is 10.9. The Morgan fingerprint density at radius 1 is 1.25 bits per heavy atom. The van der Waals surface area contributed by atoms with Crippen LogP contribution in [0.25, 0.3) is 0 Å². The van der Waals surface area contributed by atoms with Crippen LogP contribution in [0, 0.1) is 0 Å². The maximum atomic E-state index is 11.3. The van der Waals surface area contributed by atoms with E-state index in [-0.39, 0.29) is 13.1 Å². The van der Waals surface area contributed by atoms with Crippen LogP contribution in [-0.2, 0) is 22.6 Å². The quantitative estimate of drug-likeness (QED) is 0.520. The van der Waals surface area contributed by atoms with Crippen LogP contribution in [0.1, 0.15) is 18.6 Å². The lowest BCUT2D eigenvalue weighted by atomic mass is 10.4. The Labute approximate surface area is 114 Å². The van der Waals surface area contributed by atoms with E-state index in [0.717, 1.165) is 5.76 Å². The second-order valence-corrected chi connectivity index (χ2v) is 3.78. The van der Waals surface area contributed by atoms with Gasteiger partial charge in [-0.25, -0.2) is 9.78 Å². The summed E-state index contributed by atoms with van der Waals surface area (Å²) in [5.74, 6) is -0.659. The van der Waals surface area contributed by atoms with Crippen molar-refractivity contribution < 1.29 is 23.9 Å². The van der Waals surface area contributed by atoms with Gasteiger partial charge in [0.25, 0.3) is 0 Å². The normalized spacial score (nSPS) is 9.85. The molecule has 1 heterocycles. The first-order valence-electron chi connectivity index (χ1n) is 5.95. The monoisotopic (exact) mass is 284 g/mol. The first kappa shape index (κ1) is 15.5. The van der Waals surface area contributed by atoms with Gasteiger partial charge in [-0.15, -0.1) is 0 Å². The summed E-state index contributed by atoms with van der Waals surface area (Å²) in [4.78, 5) is 36.6. The second-order valence-electron chi connectivity index (χ2n) is 3.78. The van der Waals surface area contributed by atoms with Crippen LogP contribution in [0.3, 0.4) is 0 Å². The van der Waals surface area contributed by atoms with Gasteiger partial charge in [0.1, 0.15) is 12.3 Å². The third kappa shape index (κ3) is 5.85. The maximum Gasteiger partial charge on any atom is 0.322 e. The molecule has 3 amide bonds. The van der Waals surface area contributed by atoms with Gasteiger partial charge in [-0.3, -0.25) is 9.59 Å². The molecule has 0 radical (unpaired) electrons. The Balaban J connectivity index is 2.20. The van der Waals surface area contributed by atoms with E-state index in [2.05, 4.69) is 20.9 Å². The number of hydrogen-bond acceptors (Lipinski definition) is 5. The summed E-state index contributed by atoms with van der Waals surface area (Å²) in [6.07, 6.45) is 2.29. The molecule has 0 aliphatic heterocycles. The van der Waals surface area contributed by atoms with Crippen LogP contribution in [-0.4, -0.2) is 41.1 Å². The second kappa shape index (κ2) is 7.77. The lowest BCUT2D eigenvalue weighted by Gasteiger charge is -2.06. The highest BCUT2D eigenvalue weighted by Crippen LogP contribution is 2.03. The van der Waals surface area contributed by atoms with Crippen LogP contribution in [0.5, 0.6) is 0 Å². The van der Waals surface area contributed by atoms with E-state index in [1.165, 1.54) is 0 Å². The van der Waals surface area contributed by atoms with E-state index >= 15 is 0 Å². The summed E-state index contributed by atoms with van der Waals surface area (Å²) in [6.45, 7) is 1.21. The topological polar surface area (TPSA) is 134 Å². The van der Waals surface area contributed by atoms with Gasteiger partial charge in [-0.1, -0.05) is 6.92 Å². The number of carboxylic acids is 1. The molecule has 0 spiro atoms. The van der Waals surface area contributed by atoms with Crippen molar-refractivity contribution in [3.8, 4) is 0 Å². The van der Waals surface area contributed by atoms with Crippen LogP contribution in [0.15, 0.2) is 10.6 Å². The lowest BCUT2D eigenvalue weighted by molar-refractivity contribution is -0.137. The van der Waals surface area contributed by atoms with Crippen molar-refractivity contribution in [2.75, 3.05) is 13.1 Å². The summed E-state index contributed by atoms with van der Waals surface area (Å²) >= 11 is 0. The van der Waals surface area contributed by atoms with Gasteiger partial charge in [-0.05, 0) is 0 Å². The Bertz CT molecular complexity index is 485. The van der Waals surface area contributed by atoms with Crippen LogP contribution in [0.4, 0.5) is 4.79 Å². The largest absolute Gasteiger partial charge is 0.480 e. The molecular formula is C11H16N4O5. The highest BCUT2D eigenvalue weighted by atomic mass is 16.4. The molecule has 0 bridgehead atoms. The molecule has 0 aliphatic rings. The third-order valence-electron chi connectivity index (χ3n) is 2.20. The van der Waals surface area contributed by atoms with Gasteiger partial charge >= 0.3 is 12.0 Å². The zero-order chi connectivity index (χ0) is 15.0. The van der Waals surface area contributed by atoms with E-state index in [9.17, 15) is 14.4 Å². The number of carbonyl (C=O) groups is 3. The average molecular weight is 284 g/mol. The van der Waals surface area contributed by atoms with Crippen molar-refractivity contribution >= 4 is 17.9 Å². The minimum atomic E-state index is -1.15. The van der Waals surface area contributed by atoms with Gasteiger partial charge in [-0.2, -0.15) is 0 Å². The lowest BCUT2D eigenvalue weighted by Crippen LogP contribution is -2.42. The molecule has 1 aromatic heterocycles. The van der Waals surface area contributed by atoms with Gasteiger partial charge in [0, 0.05) is 6.42 Å². The van der Waals surface area contributed by atoms with E-state index in [1.54, 1.807) is 6.20 Å². The molecule has 0 fully saturated rings. The molecule has 0 aromatic carbocycles. The van der Waals surface area contributed by atoms with Crippen molar-refractivity contribution in [3.05, 3.63) is 17.8 Å². The van der Waals surface area contributed by atoms with Crippen LogP contribution < -0.4 is 16.0 Å². The molecule has 4 N–H and O–H groups in total. The number of aromatic nitrogens is 1. The van der Waals surface area contributed by atoms with Gasteiger partial charge in [0.15, 0.2) is 0 Å². The van der Waals surface area contributed by atoms with Gasteiger partial charge in [0.2, 0.25) is 11.8 Å². The van der Waals surface area contributed by atoms with Crippen molar-refractivity contribution in [2.45, 2.75) is 19.9 Å². The number of aryl methyl sites for hydroxylation is 1. The number of urea groups is 1.